The molecule has 0 radical (unpaired) electrons. The zero-order valence-electron chi connectivity index (χ0n) is 14.0. The lowest BCUT2D eigenvalue weighted by molar-refractivity contribution is -0.135. The van der Waals surface area contributed by atoms with Crippen LogP contribution in [0.15, 0.2) is 12.4 Å². The van der Waals surface area contributed by atoms with E-state index in [9.17, 15) is 9.59 Å². The first kappa shape index (κ1) is 15.4. The third-order valence-corrected chi connectivity index (χ3v) is 5.41. The van der Waals surface area contributed by atoms with Crippen LogP contribution in [0, 0.1) is 0 Å². The van der Waals surface area contributed by atoms with E-state index in [1.807, 2.05) is 22.8 Å². The number of nitrogens with zero attached hydrogens (tertiary/aromatic N) is 5. The highest BCUT2D eigenvalue weighted by Gasteiger charge is 2.34. The molecule has 24 heavy (non-hydrogen) atoms. The van der Waals surface area contributed by atoms with Crippen LogP contribution in [0.3, 0.4) is 0 Å². The Morgan fingerprint density at radius 1 is 1.33 bits per heavy atom. The van der Waals surface area contributed by atoms with E-state index in [1.165, 1.54) is 0 Å². The van der Waals surface area contributed by atoms with Crippen molar-refractivity contribution in [1.82, 2.24) is 24.9 Å². The van der Waals surface area contributed by atoms with Crippen LogP contribution in [0.25, 0.3) is 0 Å². The van der Waals surface area contributed by atoms with Gasteiger partial charge in [0.1, 0.15) is 0 Å². The predicted octanol–water partition coefficient (Wildman–Crippen LogP) is 0.280. The number of hydrogen-bond donors (Lipinski definition) is 1. The molecule has 1 N–H and O–H groups in total. The van der Waals surface area contributed by atoms with Crippen molar-refractivity contribution >= 4 is 17.6 Å². The number of aromatic nitrogens is 2. The quantitative estimate of drug-likeness (QED) is 0.859. The normalized spacial score (nSPS) is 26.0. The Labute approximate surface area is 141 Å². The molecule has 0 spiro atoms. The molecule has 3 saturated heterocycles. The van der Waals surface area contributed by atoms with Crippen molar-refractivity contribution in [2.75, 3.05) is 44.7 Å². The zero-order chi connectivity index (χ0) is 16.7. The van der Waals surface area contributed by atoms with Gasteiger partial charge in [0, 0.05) is 58.4 Å². The Bertz CT molecular complexity index is 638. The minimum atomic E-state index is -0.0465. The Balaban J connectivity index is 1.30. The summed E-state index contributed by atoms with van der Waals surface area (Å²) in [5.74, 6) is 0.268. The third-order valence-electron chi connectivity index (χ3n) is 5.41. The molecular formula is C16H24N6O2. The first-order valence-corrected chi connectivity index (χ1v) is 8.69. The molecule has 3 aliphatic heterocycles. The first-order chi connectivity index (χ1) is 11.6. The van der Waals surface area contributed by atoms with Gasteiger partial charge in [-0.2, -0.15) is 5.10 Å². The van der Waals surface area contributed by atoms with Crippen molar-refractivity contribution in [1.29, 1.82) is 0 Å². The fraction of sp³-hybridized carbons (Fsp3) is 0.688. The number of anilines is 1. The topological polar surface area (TPSA) is 73.7 Å². The molecule has 1 unspecified atom stereocenters. The summed E-state index contributed by atoms with van der Waals surface area (Å²) in [6.45, 7) is 4.23. The van der Waals surface area contributed by atoms with Gasteiger partial charge < -0.3 is 10.2 Å². The number of amides is 3. The van der Waals surface area contributed by atoms with Crippen LogP contribution in [0.4, 0.5) is 10.5 Å². The lowest BCUT2D eigenvalue weighted by Gasteiger charge is -2.43. The van der Waals surface area contributed by atoms with Crippen molar-refractivity contribution in [2.24, 2.45) is 0 Å². The highest BCUT2D eigenvalue weighted by molar-refractivity contribution is 5.93. The van der Waals surface area contributed by atoms with Gasteiger partial charge in [-0.15, -0.1) is 0 Å². The third kappa shape index (κ3) is 2.75. The summed E-state index contributed by atoms with van der Waals surface area (Å²) in [7, 11) is 1.92. The Hall–Kier alpha value is -2.09. The molecule has 1 atom stereocenters. The van der Waals surface area contributed by atoms with Gasteiger partial charge in [0.05, 0.1) is 17.9 Å². The van der Waals surface area contributed by atoms with E-state index in [4.69, 9.17) is 0 Å². The first-order valence-electron chi connectivity index (χ1n) is 8.69. The van der Waals surface area contributed by atoms with Crippen LogP contribution in [0.5, 0.6) is 0 Å². The van der Waals surface area contributed by atoms with Crippen molar-refractivity contribution in [3.63, 3.8) is 0 Å². The fourth-order valence-corrected chi connectivity index (χ4v) is 3.82. The van der Waals surface area contributed by atoms with Crippen molar-refractivity contribution in [3.8, 4) is 0 Å². The standard InChI is InChI=1S/C16H24N6O2/c1-19-12(3-2-4-15(19)23)8-20-9-14(10-20)22-11-13(7-18-22)21-6-5-17-16(21)24/h7,11-12,14H,2-6,8-10H2,1H3,(H,17,24). The molecule has 130 valence electrons. The summed E-state index contributed by atoms with van der Waals surface area (Å²) in [6.07, 6.45) is 6.52. The SMILES string of the molecule is CN1C(=O)CCCC1CN1CC(n2cc(N3CCNC3=O)cn2)C1. The van der Waals surface area contributed by atoms with Crippen LogP contribution >= 0.6 is 0 Å². The van der Waals surface area contributed by atoms with Gasteiger partial charge in [-0.1, -0.05) is 0 Å². The summed E-state index contributed by atoms with van der Waals surface area (Å²) >= 11 is 0. The van der Waals surface area contributed by atoms with Gasteiger partial charge in [0.25, 0.3) is 0 Å². The molecule has 3 amide bonds. The van der Waals surface area contributed by atoms with E-state index in [0.29, 0.717) is 31.6 Å². The molecule has 3 fully saturated rings. The van der Waals surface area contributed by atoms with Crippen molar-refractivity contribution in [3.05, 3.63) is 12.4 Å². The highest BCUT2D eigenvalue weighted by atomic mass is 16.2. The molecule has 0 aliphatic carbocycles. The second-order valence-corrected chi connectivity index (χ2v) is 6.99. The summed E-state index contributed by atoms with van der Waals surface area (Å²) in [6, 6.07) is 0.650. The molecule has 8 nitrogen and oxygen atoms in total. The minimum Gasteiger partial charge on any atom is -0.341 e. The maximum absolute atomic E-state index is 11.8. The zero-order valence-corrected chi connectivity index (χ0v) is 14.0. The van der Waals surface area contributed by atoms with Crippen molar-refractivity contribution in [2.45, 2.75) is 31.3 Å². The maximum Gasteiger partial charge on any atom is 0.322 e. The molecule has 0 bridgehead atoms. The van der Waals surface area contributed by atoms with E-state index in [2.05, 4.69) is 15.3 Å². The summed E-state index contributed by atoms with van der Waals surface area (Å²) < 4.78 is 1.97. The van der Waals surface area contributed by atoms with Gasteiger partial charge >= 0.3 is 6.03 Å². The molecule has 1 aromatic heterocycles. The number of likely N-dealkylation sites (tertiary alicyclic amines) is 2. The lowest BCUT2D eigenvalue weighted by Crippen LogP contribution is -2.54. The Kier molecular flexibility index (Phi) is 3.91. The van der Waals surface area contributed by atoms with E-state index < -0.39 is 0 Å². The van der Waals surface area contributed by atoms with E-state index in [-0.39, 0.29) is 11.9 Å². The molecule has 1 aromatic rings. The van der Waals surface area contributed by atoms with E-state index in [0.717, 1.165) is 38.2 Å². The summed E-state index contributed by atoms with van der Waals surface area (Å²) in [4.78, 5) is 29.5. The molecule has 4 rings (SSSR count). The predicted molar refractivity (Wildman–Crippen MR) is 88.9 cm³/mol. The monoisotopic (exact) mass is 332 g/mol. The van der Waals surface area contributed by atoms with Crippen molar-refractivity contribution < 1.29 is 9.59 Å². The number of rotatable bonds is 4. The number of piperidine rings is 1. The number of carbonyl (C=O) groups is 2. The molecular weight excluding hydrogens is 308 g/mol. The summed E-state index contributed by atoms with van der Waals surface area (Å²) in [5.41, 5.74) is 0.862. The smallest absolute Gasteiger partial charge is 0.322 e. The van der Waals surface area contributed by atoms with Crippen LogP contribution in [0.2, 0.25) is 0 Å². The second kappa shape index (κ2) is 6.08. The van der Waals surface area contributed by atoms with Gasteiger partial charge in [0.15, 0.2) is 0 Å². The van der Waals surface area contributed by atoms with Gasteiger partial charge in [0.2, 0.25) is 5.91 Å². The number of hydrogen-bond acceptors (Lipinski definition) is 4. The average molecular weight is 332 g/mol. The van der Waals surface area contributed by atoms with E-state index in [1.54, 1.807) is 11.1 Å². The summed E-state index contributed by atoms with van der Waals surface area (Å²) in [5, 5.41) is 7.23. The Morgan fingerprint density at radius 3 is 2.92 bits per heavy atom. The number of likely N-dealkylation sites (N-methyl/N-ethyl adjacent to an activating group) is 1. The van der Waals surface area contributed by atoms with Crippen LogP contribution in [-0.2, 0) is 4.79 Å². The molecule has 0 saturated carbocycles. The molecule has 4 heterocycles. The number of carbonyl (C=O) groups excluding carboxylic acids is 2. The van der Waals surface area contributed by atoms with Crippen LogP contribution in [-0.4, -0.2) is 77.3 Å². The van der Waals surface area contributed by atoms with Gasteiger partial charge in [-0.3, -0.25) is 19.3 Å². The lowest BCUT2D eigenvalue weighted by atomic mass is 9.99. The Morgan fingerprint density at radius 2 is 2.17 bits per heavy atom. The van der Waals surface area contributed by atoms with Crippen LogP contribution in [0.1, 0.15) is 25.3 Å². The molecule has 0 aromatic carbocycles. The van der Waals surface area contributed by atoms with Crippen LogP contribution < -0.4 is 10.2 Å². The largest absolute Gasteiger partial charge is 0.341 e. The molecule has 3 aliphatic rings. The second-order valence-electron chi connectivity index (χ2n) is 6.99. The number of urea groups is 1. The minimum absolute atomic E-state index is 0.0465. The highest BCUT2D eigenvalue weighted by Crippen LogP contribution is 2.26. The maximum atomic E-state index is 11.8. The fourth-order valence-electron chi connectivity index (χ4n) is 3.82. The average Bonchev–Trinajstić information content (AvgIpc) is 3.15. The number of nitrogens with one attached hydrogen (secondary N) is 1. The van der Waals surface area contributed by atoms with E-state index >= 15 is 0 Å². The molecule has 8 heteroatoms. The van der Waals surface area contributed by atoms with Gasteiger partial charge in [-0.05, 0) is 12.8 Å². The van der Waals surface area contributed by atoms with Gasteiger partial charge in [-0.25, -0.2) is 4.79 Å².